The Kier molecular flexibility index (Phi) is 6.07. The standard InChI is InChI=1S/C23H23N5O5/c1-5-28(23(30)15-8-6-14(7-9-15)22-24-13(2)27-33-22)12-20-25-17-11-19(32-4)18(31-3)10-16(17)21(29)26-20/h6-11H,5,12H2,1-4H3,(H,25,26,29). The third-order valence-electron chi connectivity index (χ3n) is 5.18. The molecule has 1 amide bonds. The van der Waals surface area contributed by atoms with Crippen LogP contribution < -0.4 is 15.0 Å². The van der Waals surface area contributed by atoms with Crippen molar-refractivity contribution in [2.24, 2.45) is 0 Å². The van der Waals surface area contributed by atoms with Crippen LogP contribution in [0.25, 0.3) is 22.4 Å². The fourth-order valence-electron chi connectivity index (χ4n) is 3.45. The molecule has 0 fully saturated rings. The quantitative estimate of drug-likeness (QED) is 0.457. The molecule has 0 bridgehead atoms. The number of aromatic nitrogens is 4. The van der Waals surface area contributed by atoms with E-state index < -0.39 is 0 Å². The number of ether oxygens (including phenoxy) is 2. The summed E-state index contributed by atoms with van der Waals surface area (Å²) in [6, 6.07) is 10.1. The third-order valence-corrected chi connectivity index (χ3v) is 5.18. The lowest BCUT2D eigenvalue weighted by Gasteiger charge is -2.20. The summed E-state index contributed by atoms with van der Waals surface area (Å²) in [4.78, 5) is 38.8. The van der Waals surface area contributed by atoms with Crippen LogP contribution in [0.2, 0.25) is 0 Å². The number of amides is 1. The number of hydrogen-bond acceptors (Lipinski definition) is 8. The van der Waals surface area contributed by atoms with Crippen molar-refractivity contribution in [2.75, 3.05) is 20.8 Å². The van der Waals surface area contributed by atoms with Crippen LogP contribution in [0.3, 0.4) is 0 Å². The van der Waals surface area contributed by atoms with Crippen molar-refractivity contribution in [2.45, 2.75) is 20.4 Å². The van der Waals surface area contributed by atoms with Gasteiger partial charge in [-0.2, -0.15) is 4.98 Å². The zero-order chi connectivity index (χ0) is 23.5. The molecule has 10 nitrogen and oxygen atoms in total. The van der Waals surface area contributed by atoms with Gasteiger partial charge in [-0.1, -0.05) is 5.16 Å². The minimum absolute atomic E-state index is 0.138. The Hall–Kier alpha value is -4.21. The van der Waals surface area contributed by atoms with Crippen LogP contribution >= 0.6 is 0 Å². The van der Waals surface area contributed by atoms with E-state index in [1.165, 1.54) is 14.2 Å². The lowest BCUT2D eigenvalue weighted by atomic mass is 10.1. The molecular formula is C23H23N5O5. The molecule has 0 unspecified atom stereocenters. The fraction of sp³-hybridized carbons (Fsp3) is 0.261. The number of benzene rings is 2. The molecule has 1 N–H and O–H groups in total. The lowest BCUT2D eigenvalue weighted by molar-refractivity contribution is 0.0748. The van der Waals surface area contributed by atoms with E-state index in [9.17, 15) is 9.59 Å². The summed E-state index contributed by atoms with van der Waals surface area (Å²) >= 11 is 0. The van der Waals surface area contributed by atoms with Crippen LogP contribution in [0.5, 0.6) is 11.5 Å². The highest BCUT2D eigenvalue weighted by Crippen LogP contribution is 2.30. The molecule has 10 heteroatoms. The number of aromatic amines is 1. The van der Waals surface area contributed by atoms with Crippen molar-refractivity contribution in [1.82, 2.24) is 25.0 Å². The van der Waals surface area contributed by atoms with E-state index in [0.29, 0.717) is 52.0 Å². The number of fused-ring (bicyclic) bond motifs is 1. The van der Waals surface area contributed by atoms with Crippen molar-refractivity contribution >= 4 is 16.8 Å². The molecule has 2 aromatic carbocycles. The van der Waals surface area contributed by atoms with Gasteiger partial charge in [0.2, 0.25) is 0 Å². The second-order valence-corrected chi connectivity index (χ2v) is 7.28. The van der Waals surface area contributed by atoms with E-state index in [1.54, 1.807) is 48.2 Å². The molecule has 4 aromatic rings. The summed E-state index contributed by atoms with van der Waals surface area (Å²) in [7, 11) is 3.01. The first-order chi connectivity index (χ1) is 15.9. The van der Waals surface area contributed by atoms with E-state index in [2.05, 4.69) is 20.1 Å². The third kappa shape index (κ3) is 4.40. The molecule has 0 radical (unpaired) electrons. The number of carbonyl (C=O) groups excluding carboxylic acids is 1. The maximum Gasteiger partial charge on any atom is 0.258 e. The van der Waals surface area contributed by atoms with Crippen molar-refractivity contribution in [3.8, 4) is 23.0 Å². The van der Waals surface area contributed by atoms with Crippen molar-refractivity contribution in [3.63, 3.8) is 0 Å². The summed E-state index contributed by atoms with van der Waals surface area (Å²) in [5.41, 5.74) is 1.35. The monoisotopic (exact) mass is 449 g/mol. The van der Waals surface area contributed by atoms with Gasteiger partial charge in [0.25, 0.3) is 17.4 Å². The zero-order valence-corrected chi connectivity index (χ0v) is 18.7. The highest BCUT2D eigenvalue weighted by Gasteiger charge is 2.18. The number of rotatable bonds is 7. The van der Waals surface area contributed by atoms with Gasteiger partial charge in [0.15, 0.2) is 17.3 Å². The highest BCUT2D eigenvalue weighted by molar-refractivity contribution is 5.94. The largest absolute Gasteiger partial charge is 0.493 e. The van der Waals surface area contributed by atoms with Gasteiger partial charge in [0.1, 0.15) is 5.82 Å². The van der Waals surface area contributed by atoms with Crippen LogP contribution in [0.15, 0.2) is 45.7 Å². The number of nitrogens with zero attached hydrogens (tertiary/aromatic N) is 4. The number of methoxy groups -OCH3 is 2. The Morgan fingerprint density at radius 3 is 2.39 bits per heavy atom. The molecule has 33 heavy (non-hydrogen) atoms. The summed E-state index contributed by atoms with van der Waals surface area (Å²) < 4.78 is 15.7. The van der Waals surface area contributed by atoms with Crippen LogP contribution in [-0.4, -0.2) is 51.7 Å². The molecule has 0 spiro atoms. The number of carbonyl (C=O) groups is 1. The first kappa shape index (κ1) is 22.0. The normalized spacial score (nSPS) is 10.9. The van der Waals surface area contributed by atoms with Crippen molar-refractivity contribution in [3.05, 3.63) is 64.0 Å². The smallest absolute Gasteiger partial charge is 0.258 e. The molecular weight excluding hydrogens is 426 g/mol. The molecule has 0 aliphatic heterocycles. The summed E-state index contributed by atoms with van der Waals surface area (Å²) in [6.07, 6.45) is 0. The van der Waals surface area contributed by atoms with Crippen LogP contribution in [0.1, 0.15) is 28.9 Å². The summed E-state index contributed by atoms with van der Waals surface area (Å²) in [5, 5.41) is 4.15. The van der Waals surface area contributed by atoms with Crippen molar-refractivity contribution < 1.29 is 18.8 Å². The molecule has 170 valence electrons. The molecule has 0 aliphatic rings. The Balaban J connectivity index is 1.59. The Bertz CT molecular complexity index is 1360. The van der Waals surface area contributed by atoms with Gasteiger partial charge in [-0.3, -0.25) is 9.59 Å². The second-order valence-electron chi connectivity index (χ2n) is 7.28. The van der Waals surface area contributed by atoms with E-state index in [0.717, 1.165) is 5.56 Å². The Labute approximate surface area is 189 Å². The van der Waals surface area contributed by atoms with E-state index in [1.807, 2.05) is 6.92 Å². The van der Waals surface area contributed by atoms with Crippen LogP contribution in [0, 0.1) is 6.92 Å². The van der Waals surface area contributed by atoms with Gasteiger partial charge in [-0.15, -0.1) is 0 Å². The number of aryl methyl sites for hydroxylation is 1. The highest BCUT2D eigenvalue weighted by atomic mass is 16.5. The van der Waals surface area contributed by atoms with Gasteiger partial charge < -0.3 is 23.9 Å². The van der Waals surface area contributed by atoms with Gasteiger partial charge in [-0.25, -0.2) is 4.98 Å². The first-order valence-corrected chi connectivity index (χ1v) is 10.3. The van der Waals surface area contributed by atoms with Crippen molar-refractivity contribution in [1.29, 1.82) is 0 Å². The number of nitrogens with one attached hydrogen (secondary N) is 1. The van der Waals surface area contributed by atoms with Gasteiger partial charge in [0, 0.05) is 23.7 Å². The van der Waals surface area contributed by atoms with Gasteiger partial charge in [-0.05, 0) is 44.2 Å². The minimum atomic E-state index is -0.321. The maximum atomic E-state index is 13.1. The average molecular weight is 449 g/mol. The average Bonchev–Trinajstić information content (AvgIpc) is 3.27. The SMILES string of the molecule is CCN(Cc1nc2cc(OC)c(OC)cc2c(=O)[nH]1)C(=O)c1ccc(-c2nc(C)no2)cc1. The maximum absolute atomic E-state index is 13.1. The second kappa shape index (κ2) is 9.11. The fourth-order valence-corrected chi connectivity index (χ4v) is 3.45. The van der Waals surface area contributed by atoms with Crippen LogP contribution in [-0.2, 0) is 6.54 Å². The molecule has 2 aromatic heterocycles. The minimum Gasteiger partial charge on any atom is -0.493 e. The summed E-state index contributed by atoms with van der Waals surface area (Å²) in [6.45, 7) is 4.17. The van der Waals surface area contributed by atoms with E-state index in [-0.39, 0.29) is 18.0 Å². The lowest BCUT2D eigenvalue weighted by Crippen LogP contribution is -2.32. The van der Waals surface area contributed by atoms with E-state index in [4.69, 9.17) is 14.0 Å². The topological polar surface area (TPSA) is 123 Å². The molecule has 0 aliphatic carbocycles. The van der Waals surface area contributed by atoms with Gasteiger partial charge >= 0.3 is 0 Å². The molecule has 4 rings (SSSR count). The number of H-pyrrole nitrogens is 1. The molecule has 0 saturated carbocycles. The van der Waals surface area contributed by atoms with Gasteiger partial charge in [0.05, 0.1) is 31.7 Å². The predicted molar refractivity (Wildman–Crippen MR) is 120 cm³/mol. The molecule has 2 heterocycles. The van der Waals surface area contributed by atoms with E-state index >= 15 is 0 Å². The first-order valence-electron chi connectivity index (χ1n) is 10.3. The predicted octanol–water partition coefficient (Wildman–Crippen LogP) is 2.96. The Morgan fingerprint density at radius 1 is 1.09 bits per heavy atom. The number of hydrogen-bond donors (Lipinski definition) is 1. The molecule has 0 atom stereocenters. The zero-order valence-electron chi connectivity index (χ0n) is 18.7. The Morgan fingerprint density at radius 2 is 1.79 bits per heavy atom. The summed E-state index contributed by atoms with van der Waals surface area (Å²) in [5.74, 6) is 2.01. The van der Waals surface area contributed by atoms with Crippen LogP contribution in [0.4, 0.5) is 0 Å². The molecule has 0 saturated heterocycles.